The molecule has 0 N–H and O–H groups in total. The summed E-state index contributed by atoms with van der Waals surface area (Å²) in [6, 6.07) is 6.81. The molecule has 1 aromatic carbocycles. The summed E-state index contributed by atoms with van der Waals surface area (Å²) in [6.07, 6.45) is 4.96. The molecule has 0 saturated heterocycles. The topological polar surface area (TPSA) is 65.0 Å². The minimum absolute atomic E-state index is 0.101. The minimum atomic E-state index is -3.69. The maximum atomic E-state index is 12.0. The summed E-state index contributed by atoms with van der Waals surface area (Å²) in [5.41, 5.74) is 1.11. The van der Waals surface area contributed by atoms with Crippen LogP contribution in [-0.4, -0.2) is 33.6 Å². The van der Waals surface area contributed by atoms with Crippen molar-refractivity contribution in [2.24, 2.45) is 10.4 Å². The van der Waals surface area contributed by atoms with Gasteiger partial charge in [-0.25, -0.2) is 4.99 Å². The Kier molecular flexibility index (Phi) is 6.41. The highest BCUT2D eigenvalue weighted by Crippen LogP contribution is 2.26. The average Bonchev–Trinajstić information content (AvgIpc) is 3.00. The van der Waals surface area contributed by atoms with E-state index < -0.39 is 10.1 Å². The molecule has 0 aliphatic carbocycles. The summed E-state index contributed by atoms with van der Waals surface area (Å²) in [4.78, 5) is 4.76. The van der Waals surface area contributed by atoms with Crippen molar-refractivity contribution in [2.45, 2.75) is 51.5 Å². The van der Waals surface area contributed by atoms with Crippen molar-refractivity contribution in [1.29, 1.82) is 0 Å². The second-order valence-electron chi connectivity index (χ2n) is 7.27. The number of ether oxygens (including phenoxy) is 1. The molecule has 1 aromatic rings. The smallest absolute Gasteiger partial charge is 0.296 e. The lowest BCUT2D eigenvalue weighted by molar-refractivity contribution is 0.234. The lowest BCUT2D eigenvalue weighted by Crippen LogP contribution is -2.25. The van der Waals surface area contributed by atoms with Gasteiger partial charge in [-0.2, -0.15) is 8.42 Å². The number of hydrogen-bond acceptors (Lipinski definition) is 5. The van der Waals surface area contributed by atoms with Crippen LogP contribution in [0, 0.1) is 12.3 Å². The van der Waals surface area contributed by atoms with Gasteiger partial charge in [0, 0.05) is 6.42 Å². The first-order valence-corrected chi connectivity index (χ1v) is 9.90. The van der Waals surface area contributed by atoms with Crippen LogP contribution in [0.1, 0.15) is 39.2 Å². The first-order valence-electron chi connectivity index (χ1n) is 8.49. The fraction of sp³-hybridized carbons (Fsp3) is 0.526. The molecule has 6 heteroatoms. The zero-order chi connectivity index (χ0) is 18.5. The van der Waals surface area contributed by atoms with Gasteiger partial charge in [-0.15, -0.1) is 0 Å². The fourth-order valence-electron chi connectivity index (χ4n) is 2.28. The Labute approximate surface area is 150 Å². The molecular formula is C19H27NO4S. The van der Waals surface area contributed by atoms with Crippen LogP contribution in [0.15, 0.2) is 46.3 Å². The Bertz CT molecular complexity index is 728. The Hall–Kier alpha value is -1.66. The molecule has 2 rings (SSSR count). The summed E-state index contributed by atoms with van der Waals surface area (Å²) in [7, 11) is -3.69. The summed E-state index contributed by atoms with van der Waals surface area (Å²) in [5.74, 6) is 0.740. The molecule has 25 heavy (non-hydrogen) atoms. The predicted molar refractivity (Wildman–Crippen MR) is 99.3 cm³/mol. The zero-order valence-electron chi connectivity index (χ0n) is 15.4. The third-order valence-corrected chi connectivity index (χ3v) is 5.33. The SMILES string of the molecule is Cc1ccc(S(=O)(=O)OCC/C=C/CC2=N[C@@H](C(C)(C)C)CO2)cc1. The van der Waals surface area contributed by atoms with E-state index in [2.05, 4.69) is 25.8 Å². The Balaban J connectivity index is 1.74. The Morgan fingerprint density at radius 1 is 1.24 bits per heavy atom. The van der Waals surface area contributed by atoms with Gasteiger partial charge < -0.3 is 4.74 Å². The minimum Gasteiger partial charge on any atom is -0.478 e. The molecule has 0 saturated carbocycles. The number of benzene rings is 1. The van der Waals surface area contributed by atoms with Gasteiger partial charge in [-0.3, -0.25) is 4.18 Å². The maximum absolute atomic E-state index is 12.0. The van der Waals surface area contributed by atoms with Crippen LogP contribution in [0.2, 0.25) is 0 Å². The first-order chi connectivity index (χ1) is 11.7. The zero-order valence-corrected chi connectivity index (χ0v) is 16.2. The third-order valence-electron chi connectivity index (χ3n) is 4.00. The highest BCUT2D eigenvalue weighted by atomic mass is 32.2. The van der Waals surface area contributed by atoms with Gasteiger partial charge in [0.1, 0.15) is 6.61 Å². The number of aryl methyl sites for hydroxylation is 1. The highest BCUT2D eigenvalue weighted by molar-refractivity contribution is 7.86. The number of aliphatic imine (C=N–C) groups is 1. The van der Waals surface area contributed by atoms with E-state index >= 15 is 0 Å². The number of rotatable bonds is 7. The molecule has 0 unspecified atom stereocenters. The molecule has 0 fully saturated rings. The lowest BCUT2D eigenvalue weighted by atomic mass is 9.88. The fourth-order valence-corrected chi connectivity index (χ4v) is 3.20. The van der Waals surface area contributed by atoms with Crippen LogP contribution in [0.3, 0.4) is 0 Å². The van der Waals surface area contributed by atoms with Crippen molar-refractivity contribution in [1.82, 2.24) is 0 Å². The largest absolute Gasteiger partial charge is 0.478 e. The standard InChI is InChI=1S/C19H27NO4S/c1-15-9-11-16(12-10-15)25(21,22)24-13-7-5-6-8-18-20-17(14-23-18)19(2,3)4/h5-6,9-12,17H,7-8,13-14H2,1-4H3/b6-5+/t17-/m1/s1. The van der Waals surface area contributed by atoms with E-state index in [1.165, 1.54) is 0 Å². The Morgan fingerprint density at radius 2 is 1.92 bits per heavy atom. The summed E-state index contributed by atoms with van der Waals surface area (Å²) in [6.45, 7) is 9.10. The van der Waals surface area contributed by atoms with E-state index in [1.807, 2.05) is 19.1 Å². The van der Waals surface area contributed by atoms with Crippen molar-refractivity contribution in [3.63, 3.8) is 0 Å². The van der Waals surface area contributed by atoms with Gasteiger partial charge in [0.15, 0.2) is 5.90 Å². The third kappa shape index (κ3) is 5.97. The van der Waals surface area contributed by atoms with E-state index in [-0.39, 0.29) is 23.0 Å². The van der Waals surface area contributed by atoms with Crippen LogP contribution < -0.4 is 0 Å². The van der Waals surface area contributed by atoms with Crippen molar-refractivity contribution in [3.8, 4) is 0 Å². The van der Waals surface area contributed by atoms with Crippen LogP contribution in [0.4, 0.5) is 0 Å². The molecule has 0 amide bonds. The molecule has 0 radical (unpaired) electrons. The molecular weight excluding hydrogens is 338 g/mol. The first kappa shape index (κ1) is 19.7. The number of hydrogen-bond donors (Lipinski definition) is 0. The van der Waals surface area contributed by atoms with Gasteiger partial charge in [0.2, 0.25) is 0 Å². The summed E-state index contributed by atoms with van der Waals surface area (Å²) in [5, 5.41) is 0. The normalized spacial score (nSPS) is 18.4. The molecule has 0 spiro atoms. The molecule has 0 aromatic heterocycles. The molecule has 5 nitrogen and oxygen atoms in total. The lowest BCUT2D eigenvalue weighted by Gasteiger charge is -2.21. The van der Waals surface area contributed by atoms with Crippen molar-refractivity contribution in [2.75, 3.05) is 13.2 Å². The van der Waals surface area contributed by atoms with E-state index in [9.17, 15) is 8.42 Å². The monoisotopic (exact) mass is 365 g/mol. The van der Waals surface area contributed by atoms with Crippen molar-refractivity contribution in [3.05, 3.63) is 42.0 Å². The van der Waals surface area contributed by atoms with Crippen molar-refractivity contribution >= 4 is 16.0 Å². The van der Waals surface area contributed by atoms with Crippen LogP contribution in [-0.2, 0) is 19.0 Å². The van der Waals surface area contributed by atoms with Crippen LogP contribution >= 0.6 is 0 Å². The summed E-state index contributed by atoms with van der Waals surface area (Å²) >= 11 is 0. The van der Waals surface area contributed by atoms with Gasteiger partial charge in [0.25, 0.3) is 10.1 Å². The quantitative estimate of drug-likeness (QED) is 0.418. The van der Waals surface area contributed by atoms with E-state index in [0.717, 1.165) is 11.5 Å². The Morgan fingerprint density at radius 3 is 2.52 bits per heavy atom. The maximum Gasteiger partial charge on any atom is 0.296 e. The van der Waals surface area contributed by atoms with Gasteiger partial charge in [-0.05, 0) is 30.9 Å². The molecule has 1 atom stereocenters. The predicted octanol–water partition coefficient (Wildman–Crippen LogP) is 3.88. The molecule has 1 heterocycles. The van der Waals surface area contributed by atoms with E-state index in [0.29, 0.717) is 19.4 Å². The molecule has 0 bridgehead atoms. The van der Waals surface area contributed by atoms with E-state index in [4.69, 9.17) is 8.92 Å². The van der Waals surface area contributed by atoms with Gasteiger partial charge >= 0.3 is 0 Å². The average molecular weight is 365 g/mol. The molecule has 138 valence electrons. The van der Waals surface area contributed by atoms with Crippen LogP contribution in [0.25, 0.3) is 0 Å². The summed E-state index contributed by atoms with van der Waals surface area (Å²) < 4.78 is 34.7. The molecule has 1 aliphatic rings. The van der Waals surface area contributed by atoms with E-state index in [1.54, 1.807) is 24.3 Å². The van der Waals surface area contributed by atoms with Gasteiger partial charge in [0.05, 0.1) is 17.5 Å². The highest BCUT2D eigenvalue weighted by Gasteiger charge is 2.29. The van der Waals surface area contributed by atoms with Gasteiger partial charge in [-0.1, -0.05) is 50.6 Å². The van der Waals surface area contributed by atoms with Crippen molar-refractivity contribution < 1.29 is 17.3 Å². The number of nitrogens with zero attached hydrogens (tertiary/aromatic N) is 1. The molecule has 1 aliphatic heterocycles. The van der Waals surface area contributed by atoms with Crippen LogP contribution in [0.5, 0.6) is 0 Å². The second kappa shape index (κ2) is 8.15. The second-order valence-corrected chi connectivity index (χ2v) is 8.88.